The average molecular weight is 988 g/mol. The molecule has 6 rings (SSSR count). The maximum absolute atomic E-state index is 14.3. The number of rotatable bonds is 33. The maximum atomic E-state index is 14.3. The zero-order valence-electron chi connectivity index (χ0n) is 42.6. The molecule has 0 N–H and O–H groups in total. The van der Waals surface area contributed by atoms with Gasteiger partial charge in [-0.15, -0.1) is 0 Å². The van der Waals surface area contributed by atoms with Crippen LogP contribution in [-0.4, -0.2) is 166 Å². The van der Waals surface area contributed by atoms with Crippen LogP contribution in [0.2, 0.25) is 13.1 Å². The van der Waals surface area contributed by atoms with Gasteiger partial charge in [0, 0.05) is 52.9 Å². The predicted molar refractivity (Wildman–Crippen MR) is 274 cm³/mol. The van der Waals surface area contributed by atoms with Crippen molar-refractivity contribution in [3.63, 3.8) is 0 Å². The van der Waals surface area contributed by atoms with E-state index in [9.17, 15) is 9.59 Å². The molecule has 15 heteroatoms. The second kappa shape index (κ2) is 26.7. The number of carbonyl (C=O) groups excluding carboxylic acids is 2. The molecule has 0 radical (unpaired) electrons. The van der Waals surface area contributed by atoms with Gasteiger partial charge in [0.15, 0.2) is 0 Å². The van der Waals surface area contributed by atoms with Crippen molar-refractivity contribution in [3.05, 3.63) is 116 Å². The largest absolute Gasteiger partial charge is 0.382 e. The Balaban J connectivity index is 1.29. The van der Waals surface area contributed by atoms with Gasteiger partial charge in [-0.25, -0.2) is 0 Å². The SMILES string of the molecule is CCC(CC(C)c1ccc2c(c1)C=C(COCCOC)C2[Si](C)(COCCOC)C1C(COCCOC)=Cc2ccccc21)c1ccc2c(c1)C(=O)N([Si](C)(COCCOC)COCCOC)C2=O. The number of benzene rings is 3. The number of hydrogen-bond acceptors (Lipinski definition) is 12. The highest BCUT2D eigenvalue weighted by Crippen LogP contribution is 2.53. The predicted octanol–water partition coefficient (Wildman–Crippen LogP) is 8.30. The van der Waals surface area contributed by atoms with Gasteiger partial charge in [0.1, 0.15) is 8.07 Å². The minimum atomic E-state index is -2.91. The number of carbonyl (C=O) groups is 2. The van der Waals surface area contributed by atoms with Crippen molar-refractivity contribution in [2.24, 2.45) is 0 Å². The summed E-state index contributed by atoms with van der Waals surface area (Å²) in [6.45, 7) is 14.6. The van der Waals surface area contributed by atoms with Gasteiger partial charge < -0.3 is 47.4 Å². The Morgan fingerprint density at radius 1 is 0.551 bits per heavy atom. The van der Waals surface area contributed by atoms with Crippen LogP contribution < -0.4 is 0 Å². The highest BCUT2D eigenvalue weighted by atomic mass is 28.3. The summed E-state index contributed by atoms with van der Waals surface area (Å²) < 4.78 is 59.3. The second-order valence-electron chi connectivity index (χ2n) is 19.0. The molecule has 3 aliphatic rings. The van der Waals surface area contributed by atoms with Crippen molar-refractivity contribution in [1.82, 2.24) is 4.57 Å². The molecule has 3 aromatic rings. The quantitative estimate of drug-likeness (QED) is 0.0331. The molecule has 0 saturated carbocycles. The topological polar surface area (TPSA) is 130 Å². The van der Waals surface area contributed by atoms with Crippen LogP contribution in [0.5, 0.6) is 0 Å². The Labute approximate surface area is 412 Å². The lowest BCUT2D eigenvalue weighted by Crippen LogP contribution is -2.61. The molecule has 0 saturated heterocycles. The third-order valence-corrected chi connectivity index (χ3v) is 22.0. The molecular formula is C54H77NO12Si2. The maximum Gasteiger partial charge on any atom is 0.253 e. The number of methoxy groups -OCH3 is 5. The van der Waals surface area contributed by atoms with E-state index in [2.05, 4.69) is 75.0 Å². The lowest BCUT2D eigenvalue weighted by molar-refractivity contribution is 0.0621. The van der Waals surface area contributed by atoms with Crippen LogP contribution in [0.1, 0.15) is 104 Å². The Bertz CT molecular complexity index is 2200. The zero-order chi connectivity index (χ0) is 49.4. The summed E-state index contributed by atoms with van der Waals surface area (Å²) in [5.74, 6) is -0.206. The smallest absolute Gasteiger partial charge is 0.253 e. The van der Waals surface area contributed by atoms with Crippen molar-refractivity contribution in [3.8, 4) is 0 Å². The third kappa shape index (κ3) is 13.1. The Kier molecular flexibility index (Phi) is 21.1. The first kappa shape index (κ1) is 54.6. The summed E-state index contributed by atoms with van der Waals surface area (Å²) in [7, 11) is 2.84. The van der Waals surface area contributed by atoms with Crippen molar-refractivity contribution >= 4 is 40.3 Å². The summed E-state index contributed by atoms with van der Waals surface area (Å²) in [6, 6.07) is 21.7. The molecule has 0 aromatic heterocycles. The van der Waals surface area contributed by atoms with Crippen molar-refractivity contribution in [2.75, 3.05) is 134 Å². The number of fused-ring (bicyclic) bond motifs is 3. The fourth-order valence-corrected chi connectivity index (χ4v) is 18.5. The van der Waals surface area contributed by atoms with Gasteiger partial charge in [0.05, 0.1) is 103 Å². The fourth-order valence-electron chi connectivity index (χ4n) is 10.5. The van der Waals surface area contributed by atoms with Gasteiger partial charge in [0.25, 0.3) is 11.8 Å². The standard InChI is InChI=1S/C54H77NO12Si2/c1-10-40(42-16-18-49-50(33-42)54(57)55(53(49)56)68(8,36-65-26-21-60-5)37-66-27-22-61-6)29-39(2)41-15-17-48-44(30-41)32-46(35-64-25-20-59-4)52(48)69(9,38-67-28-23-62-7)51-45(34-63-24-19-58-3)31-43-13-11-12-14-47(43)51/h11-18,30-33,39-40,51-52H,10,19-29,34-38H2,1-9H3. The van der Waals surface area contributed by atoms with Gasteiger partial charge in [-0.3, -0.25) is 14.2 Å². The summed E-state index contributed by atoms with van der Waals surface area (Å²) in [5, 5.41) is 0. The van der Waals surface area contributed by atoms with E-state index in [1.165, 1.54) is 43.5 Å². The van der Waals surface area contributed by atoms with Gasteiger partial charge in [0.2, 0.25) is 8.24 Å². The summed E-state index contributed by atoms with van der Waals surface area (Å²) >= 11 is 0. The molecule has 1 heterocycles. The second-order valence-corrected chi connectivity index (χ2v) is 27.5. The number of nitrogens with zero attached hydrogens (tertiary/aromatic N) is 1. The van der Waals surface area contributed by atoms with Crippen molar-refractivity contribution < 1.29 is 57.0 Å². The number of ether oxygens (including phenoxy) is 10. The highest BCUT2D eigenvalue weighted by molar-refractivity contribution is 6.83. The van der Waals surface area contributed by atoms with E-state index in [1.807, 2.05) is 24.7 Å². The summed E-state index contributed by atoms with van der Waals surface area (Å²) in [6.07, 6.45) is 7.56. The lowest BCUT2D eigenvalue weighted by atomic mass is 9.83. The zero-order valence-corrected chi connectivity index (χ0v) is 44.6. The van der Waals surface area contributed by atoms with E-state index in [0.29, 0.717) is 96.6 Å². The van der Waals surface area contributed by atoms with Crippen LogP contribution in [0.15, 0.2) is 71.8 Å². The molecular weight excluding hydrogens is 911 g/mol. The molecule has 69 heavy (non-hydrogen) atoms. The van der Waals surface area contributed by atoms with Crippen LogP contribution in [-0.2, 0) is 47.4 Å². The van der Waals surface area contributed by atoms with E-state index < -0.39 is 16.3 Å². The number of imide groups is 1. The van der Waals surface area contributed by atoms with Crippen LogP contribution in [0, 0.1) is 0 Å². The number of hydrogen-bond donors (Lipinski definition) is 0. The molecule has 13 nitrogen and oxygen atoms in total. The van der Waals surface area contributed by atoms with Crippen molar-refractivity contribution in [2.45, 2.75) is 62.7 Å². The first-order valence-electron chi connectivity index (χ1n) is 24.5. The van der Waals surface area contributed by atoms with Crippen LogP contribution in [0.25, 0.3) is 12.2 Å². The molecule has 5 unspecified atom stereocenters. The normalized spacial score (nSPS) is 18.2. The molecule has 5 atom stereocenters. The molecule has 0 spiro atoms. The van der Waals surface area contributed by atoms with E-state index in [0.717, 1.165) is 18.4 Å². The molecule has 2 amide bonds. The molecule has 2 aliphatic carbocycles. The van der Waals surface area contributed by atoms with Gasteiger partial charge in [-0.2, -0.15) is 0 Å². The van der Waals surface area contributed by atoms with Crippen molar-refractivity contribution in [1.29, 1.82) is 0 Å². The van der Waals surface area contributed by atoms with Gasteiger partial charge in [-0.1, -0.05) is 81.1 Å². The van der Waals surface area contributed by atoms with E-state index >= 15 is 0 Å². The average Bonchev–Trinajstić information content (AvgIpc) is 4.01. The molecule has 378 valence electrons. The molecule has 1 aliphatic heterocycles. The van der Waals surface area contributed by atoms with E-state index in [1.54, 1.807) is 35.5 Å². The van der Waals surface area contributed by atoms with Crippen LogP contribution in [0.4, 0.5) is 0 Å². The third-order valence-electron chi connectivity index (χ3n) is 14.0. The lowest BCUT2D eigenvalue weighted by Gasteiger charge is -2.42. The highest BCUT2D eigenvalue weighted by Gasteiger charge is 2.52. The Morgan fingerprint density at radius 3 is 1.61 bits per heavy atom. The number of amides is 2. The van der Waals surface area contributed by atoms with Crippen LogP contribution >= 0.6 is 0 Å². The summed E-state index contributed by atoms with van der Waals surface area (Å²) in [4.78, 5) is 28.4. The monoisotopic (exact) mass is 987 g/mol. The Morgan fingerprint density at radius 2 is 1.04 bits per heavy atom. The minimum Gasteiger partial charge on any atom is -0.382 e. The van der Waals surface area contributed by atoms with Gasteiger partial charge >= 0.3 is 0 Å². The van der Waals surface area contributed by atoms with E-state index in [4.69, 9.17) is 47.4 Å². The van der Waals surface area contributed by atoms with E-state index in [-0.39, 0.29) is 47.2 Å². The molecule has 0 bridgehead atoms. The first-order chi connectivity index (χ1) is 33.5. The molecule has 3 aromatic carbocycles. The fraction of sp³-hybridized carbons (Fsp3) is 0.556. The minimum absolute atomic E-state index is 0.105. The summed E-state index contributed by atoms with van der Waals surface area (Å²) in [5.41, 5.74) is 11.1. The van der Waals surface area contributed by atoms with Gasteiger partial charge in [-0.05, 0) is 87.9 Å². The molecule has 0 fully saturated rings. The first-order valence-corrected chi connectivity index (χ1v) is 30.2. The van der Waals surface area contributed by atoms with Crippen LogP contribution in [0.3, 0.4) is 0 Å². The Hall–Kier alpha value is -3.69.